The van der Waals surface area contributed by atoms with Gasteiger partial charge in [0.05, 0.1) is 11.7 Å². The van der Waals surface area contributed by atoms with Gasteiger partial charge in [-0.3, -0.25) is 9.59 Å². The Balaban J connectivity index is 1.29. The van der Waals surface area contributed by atoms with Crippen molar-refractivity contribution in [2.45, 2.75) is 62.3 Å². The van der Waals surface area contributed by atoms with Crippen LogP contribution >= 0.6 is 0 Å². The smallest absolute Gasteiger partial charge is 0.254 e. The molecule has 1 saturated carbocycles. The van der Waals surface area contributed by atoms with Crippen molar-refractivity contribution in [3.63, 3.8) is 0 Å². The molecule has 1 atom stereocenters. The summed E-state index contributed by atoms with van der Waals surface area (Å²) in [7, 11) is 0. The molecule has 1 spiro atoms. The number of fused-ring (bicyclic) bond motifs is 2. The molecule has 29 heavy (non-hydrogen) atoms. The lowest BCUT2D eigenvalue weighted by Gasteiger charge is -2.40. The van der Waals surface area contributed by atoms with Crippen molar-refractivity contribution in [3.05, 3.63) is 63.3 Å². The molecule has 0 radical (unpaired) electrons. The number of aromatic amines is 1. The summed E-state index contributed by atoms with van der Waals surface area (Å²) in [4.78, 5) is 35.3. The first-order valence-corrected chi connectivity index (χ1v) is 10.8. The van der Waals surface area contributed by atoms with E-state index in [9.17, 15) is 9.59 Å². The van der Waals surface area contributed by atoms with Crippen molar-refractivity contribution in [1.29, 1.82) is 0 Å². The summed E-state index contributed by atoms with van der Waals surface area (Å²) in [5.41, 5.74) is 9.21. The van der Waals surface area contributed by atoms with E-state index in [0.29, 0.717) is 25.4 Å². The summed E-state index contributed by atoms with van der Waals surface area (Å²) < 4.78 is 0. The van der Waals surface area contributed by atoms with Crippen LogP contribution in [0.1, 0.15) is 60.7 Å². The molecule has 1 aromatic heterocycles. The zero-order chi connectivity index (χ0) is 20.0. The lowest BCUT2D eigenvalue weighted by atomic mass is 9.76. The first kappa shape index (κ1) is 18.6. The van der Waals surface area contributed by atoms with E-state index in [4.69, 9.17) is 10.7 Å². The Morgan fingerprint density at radius 3 is 2.62 bits per heavy atom. The third-order valence-corrected chi connectivity index (χ3v) is 7.00. The number of hydrogen-bond acceptors (Lipinski definition) is 4. The van der Waals surface area contributed by atoms with Gasteiger partial charge in [0.2, 0.25) is 5.91 Å². The van der Waals surface area contributed by atoms with Gasteiger partial charge >= 0.3 is 0 Å². The highest BCUT2D eigenvalue weighted by molar-refractivity contribution is 5.82. The molecule has 2 heterocycles. The summed E-state index contributed by atoms with van der Waals surface area (Å²) in [6.07, 6.45) is 6.29. The second-order valence-electron chi connectivity index (χ2n) is 8.95. The Morgan fingerprint density at radius 1 is 1.21 bits per heavy atom. The van der Waals surface area contributed by atoms with Crippen molar-refractivity contribution in [2.75, 3.05) is 13.1 Å². The van der Waals surface area contributed by atoms with Crippen molar-refractivity contribution in [2.24, 2.45) is 5.73 Å². The molecule has 2 fully saturated rings. The Labute approximate surface area is 170 Å². The number of carbonyl (C=O) groups is 1. The summed E-state index contributed by atoms with van der Waals surface area (Å²) in [6, 6.07) is 9.42. The molecule has 3 N–H and O–H groups in total. The van der Waals surface area contributed by atoms with Crippen LogP contribution < -0.4 is 11.3 Å². The average Bonchev–Trinajstić information content (AvgIpc) is 3.53. The minimum Gasteiger partial charge on any atom is -0.341 e. The van der Waals surface area contributed by atoms with Crippen LogP contribution in [0.3, 0.4) is 0 Å². The van der Waals surface area contributed by atoms with Gasteiger partial charge in [0.15, 0.2) is 0 Å². The predicted molar refractivity (Wildman–Crippen MR) is 111 cm³/mol. The quantitative estimate of drug-likeness (QED) is 0.833. The van der Waals surface area contributed by atoms with E-state index < -0.39 is 6.04 Å². The minimum atomic E-state index is -0.509. The fourth-order valence-electron chi connectivity index (χ4n) is 5.05. The summed E-state index contributed by atoms with van der Waals surface area (Å²) in [5.74, 6) is 1.33. The van der Waals surface area contributed by atoms with E-state index in [1.54, 1.807) is 0 Å². The van der Waals surface area contributed by atoms with Crippen LogP contribution in [0.4, 0.5) is 0 Å². The second kappa shape index (κ2) is 7.10. The Bertz CT molecular complexity index is 972. The molecule has 0 unspecified atom stereocenters. The highest BCUT2D eigenvalue weighted by atomic mass is 16.2. The SMILES string of the molecule is N[C@@H](Cc1ccccc1)C(=O)N1CCC2(CCc3c2nc(C2CC2)[nH]c3=O)CC1. The number of H-pyrrole nitrogens is 1. The van der Waals surface area contributed by atoms with Gasteiger partial charge in [-0.25, -0.2) is 4.98 Å². The third kappa shape index (κ3) is 3.39. The summed E-state index contributed by atoms with van der Waals surface area (Å²) >= 11 is 0. The highest BCUT2D eigenvalue weighted by Gasteiger charge is 2.45. The van der Waals surface area contributed by atoms with Gasteiger partial charge in [0.25, 0.3) is 5.56 Å². The monoisotopic (exact) mass is 392 g/mol. The van der Waals surface area contributed by atoms with Gasteiger partial charge in [-0.05, 0) is 50.5 Å². The first-order valence-electron chi connectivity index (χ1n) is 10.8. The lowest BCUT2D eigenvalue weighted by Crippen LogP contribution is -2.51. The first-order chi connectivity index (χ1) is 14.1. The van der Waals surface area contributed by atoms with Crippen LogP contribution in [0.2, 0.25) is 0 Å². The molecule has 6 nitrogen and oxygen atoms in total. The van der Waals surface area contributed by atoms with Crippen molar-refractivity contribution >= 4 is 5.91 Å². The maximum Gasteiger partial charge on any atom is 0.254 e. The molecule has 1 aromatic carbocycles. The molecular formula is C23H28N4O2. The van der Waals surface area contributed by atoms with E-state index in [-0.39, 0.29) is 16.9 Å². The van der Waals surface area contributed by atoms with Crippen LogP contribution in [-0.4, -0.2) is 39.9 Å². The normalized spacial score (nSPS) is 21.2. The Hall–Kier alpha value is -2.47. The number of likely N-dealkylation sites (tertiary alicyclic amines) is 1. The molecule has 1 amide bonds. The molecule has 6 heteroatoms. The molecule has 152 valence electrons. The number of hydrogen-bond donors (Lipinski definition) is 2. The molecule has 5 rings (SSSR count). The van der Waals surface area contributed by atoms with E-state index >= 15 is 0 Å². The topological polar surface area (TPSA) is 92.1 Å². The lowest BCUT2D eigenvalue weighted by molar-refractivity contribution is -0.134. The van der Waals surface area contributed by atoms with Gasteiger partial charge in [-0.15, -0.1) is 0 Å². The molecule has 2 aromatic rings. The third-order valence-electron chi connectivity index (χ3n) is 7.00. The fourth-order valence-corrected chi connectivity index (χ4v) is 5.05. The van der Waals surface area contributed by atoms with E-state index in [1.807, 2.05) is 35.2 Å². The van der Waals surface area contributed by atoms with Crippen molar-refractivity contribution in [3.8, 4) is 0 Å². The number of carbonyl (C=O) groups excluding carboxylic acids is 1. The summed E-state index contributed by atoms with van der Waals surface area (Å²) in [6.45, 7) is 1.38. The highest BCUT2D eigenvalue weighted by Crippen LogP contribution is 2.46. The number of rotatable bonds is 4. The zero-order valence-corrected chi connectivity index (χ0v) is 16.7. The maximum atomic E-state index is 12.9. The molecule has 1 aliphatic heterocycles. The molecule has 0 bridgehead atoms. The van der Waals surface area contributed by atoms with Gasteiger partial charge < -0.3 is 15.6 Å². The van der Waals surface area contributed by atoms with Gasteiger partial charge in [-0.1, -0.05) is 30.3 Å². The maximum absolute atomic E-state index is 12.9. The largest absolute Gasteiger partial charge is 0.341 e. The van der Waals surface area contributed by atoms with E-state index in [2.05, 4.69) is 4.98 Å². The fraction of sp³-hybridized carbons (Fsp3) is 0.522. The van der Waals surface area contributed by atoms with Crippen LogP contribution in [0.15, 0.2) is 35.1 Å². The molecule has 3 aliphatic rings. The van der Waals surface area contributed by atoms with Crippen molar-refractivity contribution in [1.82, 2.24) is 14.9 Å². The number of nitrogens with zero attached hydrogens (tertiary/aromatic N) is 2. The number of aromatic nitrogens is 2. The number of piperidine rings is 1. The zero-order valence-electron chi connectivity index (χ0n) is 16.7. The van der Waals surface area contributed by atoms with Gasteiger partial charge in [0, 0.05) is 30.0 Å². The van der Waals surface area contributed by atoms with E-state index in [1.165, 1.54) is 0 Å². The standard InChI is InChI=1S/C23H28N4O2/c24-18(14-15-4-2-1-3-5-15)22(29)27-12-10-23(11-13-27)9-8-17-19(23)25-20(16-6-7-16)26-21(17)28/h1-5,16,18H,6-14,24H2,(H,25,26,28)/t18-/m0/s1. The Morgan fingerprint density at radius 2 is 1.93 bits per heavy atom. The van der Waals surface area contributed by atoms with Gasteiger partial charge in [-0.2, -0.15) is 0 Å². The number of benzene rings is 1. The summed E-state index contributed by atoms with van der Waals surface area (Å²) in [5, 5.41) is 0. The van der Waals surface area contributed by atoms with Crippen LogP contribution in [-0.2, 0) is 23.1 Å². The number of nitrogens with two attached hydrogens (primary N) is 1. The number of nitrogens with one attached hydrogen (secondary N) is 1. The number of amides is 1. The van der Waals surface area contributed by atoms with Gasteiger partial charge in [0.1, 0.15) is 5.82 Å². The van der Waals surface area contributed by atoms with Crippen molar-refractivity contribution < 1.29 is 4.79 Å². The molecule has 2 aliphatic carbocycles. The minimum absolute atomic E-state index is 0.0273. The Kier molecular flexibility index (Phi) is 4.54. The van der Waals surface area contributed by atoms with E-state index in [0.717, 1.165) is 61.2 Å². The second-order valence-corrected chi connectivity index (χ2v) is 8.95. The average molecular weight is 393 g/mol. The van der Waals surface area contributed by atoms with Crippen LogP contribution in [0, 0.1) is 0 Å². The molecular weight excluding hydrogens is 364 g/mol. The van der Waals surface area contributed by atoms with Crippen LogP contribution in [0.25, 0.3) is 0 Å². The predicted octanol–water partition coefficient (Wildman–Crippen LogP) is 2.02. The van der Waals surface area contributed by atoms with Crippen LogP contribution in [0.5, 0.6) is 0 Å². The molecule has 1 saturated heterocycles.